The first-order valence-electron chi connectivity index (χ1n) is 10.2. The zero-order chi connectivity index (χ0) is 22.6. The Morgan fingerprint density at radius 3 is 2.23 bits per heavy atom. The van der Waals surface area contributed by atoms with Crippen LogP contribution in [0.25, 0.3) is 0 Å². The third-order valence-corrected chi connectivity index (χ3v) is 5.35. The van der Waals surface area contributed by atoms with E-state index in [2.05, 4.69) is 31.2 Å². The van der Waals surface area contributed by atoms with E-state index in [1.54, 1.807) is 12.2 Å². The molecule has 3 atom stereocenters. The molecule has 0 bridgehead atoms. The lowest BCUT2D eigenvalue weighted by atomic mass is 10.1. The molecule has 0 aliphatic heterocycles. The largest absolute Gasteiger partial charge is 0.481 e. The van der Waals surface area contributed by atoms with Crippen LogP contribution in [0.3, 0.4) is 0 Å². The fourth-order valence-electron chi connectivity index (χ4n) is 2.28. The highest BCUT2D eigenvalue weighted by Crippen LogP contribution is 2.21. The average Bonchev–Trinajstić information content (AvgIpc) is 2.70. The van der Waals surface area contributed by atoms with Crippen molar-refractivity contribution in [3.8, 4) is 0 Å². The fourth-order valence-corrected chi connectivity index (χ4v) is 3.41. The number of hydrogen-bond acceptors (Lipinski definition) is 5. The predicted molar refractivity (Wildman–Crippen MR) is 125 cm³/mol. The van der Waals surface area contributed by atoms with E-state index < -0.39 is 24.1 Å². The zero-order valence-corrected chi connectivity index (χ0v) is 18.4. The van der Waals surface area contributed by atoms with E-state index in [0.29, 0.717) is 12.8 Å². The number of rotatable bonds is 17. The number of aliphatic hydroxyl groups excluding tert-OH is 1. The minimum atomic E-state index is -1.09. The molecule has 7 heteroatoms. The Morgan fingerprint density at radius 2 is 1.60 bits per heavy atom. The Kier molecular flexibility index (Phi) is 17.6. The molecule has 0 aromatic rings. The van der Waals surface area contributed by atoms with Crippen molar-refractivity contribution >= 4 is 23.7 Å². The highest BCUT2D eigenvalue weighted by Gasteiger charge is 2.20. The van der Waals surface area contributed by atoms with Gasteiger partial charge in [-0.25, -0.2) is 0 Å². The Labute approximate surface area is 183 Å². The zero-order valence-electron chi connectivity index (χ0n) is 17.6. The van der Waals surface area contributed by atoms with Crippen molar-refractivity contribution in [3.63, 3.8) is 0 Å². The maximum Gasteiger partial charge on any atom is 0.321 e. The van der Waals surface area contributed by atoms with Gasteiger partial charge in [-0.15, -0.1) is 11.8 Å². The average molecular weight is 438 g/mol. The van der Waals surface area contributed by atoms with Gasteiger partial charge in [-0.05, 0) is 32.1 Å². The molecule has 1 unspecified atom stereocenters. The van der Waals surface area contributed by atoms with Crippen molar-refractivity contribution in [1.82, 2.24) is 0 Å². The number of carboxylic acid groups (broad SMARTS) is 2. The Bertz CT molecular complexity index is 625. The van der Waals surface area contributed by atoms with Crippen molar-refractivity contribution in [3.05, 3.63) is 60.8 Å². The van der Waals surface area contributed by atoms with Gasteiger partial charge in [-0.3, -0.25) is 9.59 Å². The smallest absolute Gasteiger partial charge is 0.321 e. The van der Waals surface area contributed by atoms with E-state index in [9.17, 15) is 14.7 Å². The van der Waals surface area contributed by atoms with Crippen LogP contribution in [0, 0.1) is 0 Å². The molecule has 0 aromatic carbocycles. The van der Waals surface area contributed by atoms with Gasteiger partial charge in [0.2, 0.25) is 0 Å². The molecule has 0 saturated carbocycles. The van der Waals surface area contributed by atoms with E-state index in [4.69, 9.17) is 15.9 Å². The number of nitrogens with two attached hydrogens (primary N) is 1. The fraction of sp³-hybridized carbons (Fsp3) is 0.478. The van der Waals surface area contributed by atoms with Crippen LogP contribution in [-0.2, 0) is 9.59 Å². The van der Waals surface area contributed by atoms with Gasteiger partial charge in [0.25, 0.3) is 0 Å². The number of thioether (sulfide) groups is 1. The number of hydrogen-bond donors (Lipinski definition) is 4. The predicted octanol–water partition coefficient (Wildman–Crippen LogP) is 4.09. The molecule has 0 aliphatic rings. The van der Waals surface area contributed by atoms with Gasteiger partial charge in [0.15, 0.2) is 0 Å². The minimum absolute atomic E-state index is 0.0131. The monoisotopic (exact) mass is 437 g/mol. The van der Waals surface area contributed by atoms with Gasteiger partial charge in [0.1, 0.15) is 6.04 Å². The van der Waals surface area contributed by atoms with Gasteiger partial charge < -0.3 is 21.1 Å². The second-order valence-corrected chi connectivity index (χ2v) is 7.83. The van der Waals surface area contributed by atoms with Crippen LogP contribution in [0.5, 0.6) is 0 Å². The van der Waals surface area contributed by atoms with Crippen LogP contribution < -0.4 is 5.73 Å². The molecule has 0 amide bonds. The topological polar surface area (TPSA) is 121 Å². The second-order valence-electron chi connectivity index (χ2n) is 6.62. The highest BCUT2D eigenvalue weighted by molar-refractivity contribution is 8.00. The third-order valence-electron chi connectivity index (χ3n) is 3.94. The van der Waals surface area contributed by atoms with Gasteiger partial charge in [0, 0.05) is 17.4 Å². The lowest BCUT2D eigenvalue weighted by Gasteiger charge is -2.20. The first-order chi connectivity index (χ1) is 14.4. The van der Waals surface area contributed by atoms with Gasteiger partial charge in [-0.1, -0.05) is 67.7 Å². The van der Waals surface area contributed by atoms with E-state index in [1.807, 2.05) is 24.3 Å². The van der Waals surface area contributed by atoms with Crippen LogP contribution in [0.4, 0.5) is 0 Å². The first-order valence-corrected chi connectivity index (χ1v) is 11.2. The van der Waals surface area contributed by atoms with E-state index in [-0.39, 0.29) is 17.4 Å². The number of aliphatic carboxylic acids is 2. The summed E-state index contributed by atoms with van der Waals surface area (Å²) in [5.41, 5.74) is 5.54. The van der Waals surface area contributed by atoms with Crippen LogP contribution in [0.15, 0.2) is 60.8 Å². The summed E-state index contributed by atoms with van der Waals surface area (Å²) in [6, 6.07) is -1.01. The van der Waals surface area contributed by atoms with E-state index in [0.717, 1.165) is 19.3 Å². The van der Waals surface area contributed by atoms with Crippen molar-refractivity contribution < 1.29 is 24.9 Å². The molecule has 30 heavy (non-hydrogen) atoms. The van der Waals surface area contributed by atoms with Crippen molar-refractivity contribution in [2.45, 2.75) is 62.8 Å². The van der Waals surface area contributed by atoms with Crippen molar-refractivity contribution in [1.29, 1.82) is 0 Å². The first kappa shape index (κ1) is 27.9. The Hall–Kier alpha value is -2.09. The summed E-state index contributed by atoms with van der Waals surface area (Å²) < 4.78 is 0. The number of aliphatic hydroxyl groups is 1. The van der Waals surface area contributed by atoms with Gasteiger partial charge in [0.05, 0.1) is 6.10 Å². The lowest BCUT2D eigenvalue weighted by Crippen LogP contribution is -2.34. The Balaban J connectivity index is 4.56. The maximum absolute atomic E-state index is 10.9. The molecular formula is C23H35NO5S. The van der Waals surface area contributed by atoms with E-state index >= 15 is 0 Å². The Morgan fingerprint density at radius 1 is 0.967 bits per heavy atom. The molecule has 0 spiro atoms. The normalized spacial score (nSPS) is 15.7. The SMILES string of the molecule is CC/C=C\C/C=C\C\C=C/C=C/C=C/[C@@H](SCC(N)C(=O)O)[C@@H](O)CCCC(=O)O. The minimum Gasteiger partial charge on any atom is -0.481 e. The summed E-state index contributed by atoms with van der Waals surface area (Å²) in [5, 5.41) is 27.6. The molecule has 5 N–H and O–H groups in total. The third kappa shape index (κ3) is 16.8. The van der Waals surface area contributed by atoms with E-state index in [1.165, 1.54) is 11.8 Å². The molecular weight excluding hydrogens is 402 g/mol. The van der Waals surface area contributed by atoms with Crippen LogP contribution in [0.1, 0.15) is 45.4 Å². The van der Waals surface area contributed by atoms with Crippen LogP contribution in [0.2, 0.25) is 0 Å². The summed E-state index contributed by atoms with van der Waals surface area (Å²) in [6.07, 6.45) is 22.5. The molecule has 168 valence electrons. The molecule has 0 saturated heterocycles. The summed E-state index contributed by atoms with van der Waals surface area (Å²) in [6.45, 7) is 2.11. The molecule has 0 heterocycles. The summed E-state index contributed by atoms with van der Waals surface area (Å²) in [7, 11) is 0. The molecule has 0 rings (SSSR count). The lowest BCUT2D eigenvalue weighted by molar-refractivity contribution is -0.138. The maximum atomic E-state index is 10.9. The quantitative estimate of drug-likeness (QED) is 0.200. The molecule has 0 radical (unpaired) electrons. The number of allylic oxidation sites excluding steroid dienone is 9. The van der Waals surface area contributed by atoms with Gasteiger partial charge in [-0.2, -0.15) is 0 Å². The van der Waals surface area contributed by atoms with Crippen molar-refractivity contribution in [2.75, 3.05) is 5.75 Å². The summed E-state index contributed by atoms with van der Waals surface area (Å²) >= 11 is 1.25. The molecule has 0 fully saturated rings. The molecule has 6 nitrogen and oxygen atoms in total. The van der Waals surface area contributed by atoms with Crippen molar-refractivity contribution in [2.24, 2.45) is 5.73 Å². The standard InChI is InChI=1S/C23H35NO5S/c1-2-3-4-5-6-7-8-9-10-11-12-13-16-21(30-18-19(24)23(28)29)20(25)15-14-17-22(26)27/h3-4,6-7,9-13,16,19-21,25H,2,5,8,14-15,17-18,24H2,1H3,(H,26,27)(H,28,29)/b4-3-,7-6-,10-9-,12-11+,16-13+/t19?,20-,21+/m0/s1. The molecule has 0 aliphatic carbocycles. The number of carboxylic acids is 2. The summed E-state index contributed by atoms with van der Waals surface area (Å²) in [5.74, 6) is -1.84. The highest BCUT2D eigenvalue weighted by atomic mass is 32.2. The van der Waals surface area contributed by atoms with Crippen LogP contribution >= 0.6 is 11.8 Å². The molecule has 0 aromatic heterocycles. The van der Waals surface area contributed by atoms with Crippen LogP contribution in [-0.4, -0.2) is 50.4 Å². The second kappa shape index (κ2) is 18.9. The number of carbonyl (C=O) groups is 2. The summed E-state index contributed by atoms with van der Waals surface area (Å²) in [4.78, 5) is 21.5. The van der Waals surface area contributed by atoms with Gasteiger partial charge >= 0.3 is 11.9 Å².